The highest BCUT2D eigenvalue weighted by Gasteiger charge is 2.25. The number of carboxylic acids is 1. The van der Waals surface area contributed by atoms with Crippen molar-refractivity contribution >= 4 is 33.5 Å². The number of aliphatic carboxylic acids is 1. The number of sulfonamides is 1. The molecule has 1 unspecified atom stereocenters. The number of anilines is 1. The van der Waals surface area contributed by atoms with Gasteiger partial charge in [0.25, 0.3) is 0 Å². The second-order valence-corrected chi connectivity index (χ2v) is 6.92. The van der Waals surface area contributed by atoms with Crippen LogP contribution in [0.2, 0.25) is 0 Å². The zero-order valence-corrected chi connectivity index (χ0v) is 14.7. The first-order valence-corrected chi connectivity index (χ1v) is 9.03. The summed E-state index contributed by atoms with van der Waals surface area (Å²) >= 11 is 0. The first-order chi connectivity index (χ1) is 11.7. The molecule has 0 aromatic heterocycles. The van der Waals surface area contributed by atoms with Gasteiger partial charge in [-0.15, -0.1) is 0 Å². The van der Waals surface area contributed by atoms with E-state index in [9.17, 15) is 22.8 Å². The third-order valence-corrected chi connectivity index (χ3v) is 4.60. The van der Waals surface area contributed by atoms with Crippen LogP contribution in [-0.2, 0) is 24.4 Å². The number of hydrogen-bond acceptors (Lipinski definition) is 5. The van der Waals surface area contributed by atoms with E-state index < -0.39 is 22.0 Å². The number of rotatable bonds is 9. The summed E-state index contributed by atoms with van der Waals surface area (Å²) in [5.74, 6) is -2.03. The minimum absolute atomic E-state index is 0.116. The number of nitrogens with one attached hydrogen (secondary N) is 3. The fourth-order valence-electron chi connectivity index (χ4n) is 1.97. The van der Waals surface area contributed by atoms with Gasteiger partial charge >= 0.3 is 5.97 Å². The molecule has 0 saturated heterocycles. The number of amides is 2. The Kier molecular flexibility index (Phi) is 7.52. The lowest BCUT2D eigenvalue weighted by molar-refractivity contribution is -0.139. The first kappa shape index (κ1) is 20.6. The highest BCUT2D eigenvalue weighted by Crippen LogP contribution is 2.15. The lowest BCUT2D eigenvalue weighted by Gasteiger charge is -2.15. The average Bonchev–Trinajstić information content (AvgIpc) is 2.51. The molecule has 1 aromatic rings. The number of carbonyl (C=O) groups is 3. The molecular weight excluding hydrogens is 350 g/mol. The van der Waals surface area contributed by atoms with Crippen LogP contribution in [0.15, 0.2) is 29.2 Å². The predicted molar refractivity (Wildman–Crippen MR) is 90.4 cm³/mol. The third-order valence-electron chi connectivity index (χ3n) is 3.11. The fraction of sp³-hybridized carbons (Fsp3) is 0.400. The van der Waals surface area contributed by atoms with Crippen molar-refractivity contribution in [2.45, 2.75) is 37.6 Å². The minimum Gasteiger partial charge on any atom is -0.480 e. The van der Waals surface area contributed by atoms with Crippen LogP contribution in [0.25, 0.3) is 0 Å². The quantitative estimate of drug-likeness (QED) is 0.492. The van der Waals surface area contributed by atoms with Crippen molar-refractivity contribution in [3.05, 3.63) is 24.3 Å². The van der Waals surface area contributed by atoms with Gasteiger partial charge in [0.05, 0.1) is 4.90 Å². The molecule has 0 heterocycles. The molecule has 138 valence electrons. The molecule has 25 heavy (non-hydrogen) atoms. The van der Waals surface area contributed by atoms with E-state index in [4.69, 9.17) is 5.11 Å². The van der Waals surface area contributed by atoms with Crippen molar-refractivity contribution in [2.24, 2.45) is 0 Å². The highest BCUT2D eigenvalue weighted by molar-refractivity contribution is 7.89. The van der Waals surface area contributed by atoms with Crippen LogP contribution in [0.4, 0.5) is 5.69 Å². The van der Waals surface area contributed by atoms with Crippen LogP contribution in [0, 0.1) is 0 Å². The third kappa shape index (κ3) is 6.89. The monoisotopic (exact) mass is 371 g/mol. The first-order valence-electron chi connectivity index (χ1n) is 7.55. The maximum atomic E-state index is 12.3. The summed E-state index contributed by atoms with van der Waals surface area (Å²) in [6.07, 6.45) is -0.292. The van der Waals surface area contributed by atoms with E-state index in [1.165, 1.54) is 31.2 Å². The standard InChI is InChI=1S/C15H21N3O6S/c1-3-16-14(20)9-8-13(15(21)22)18-25(23,24)12-6-4-11(5-7-12)17-10(2)19/h4-7,13,18H,3,8-9H2,1-2H3,(H,16,20)(H,17,19)(H,21,22). The zero-order chi connectivity index (χ0) is 19.0. The topological polar surface area (TPSA) is 142 Å². The molecule has 0 bridgehead atoms. The van der Waals surface area contributed by atoms with Gasteiger partial charge in [-0.25, -0.2) is 8.42 Å². The molecule has 0 saturated carbocycles. The summed E-state index contributed by atoms with van der Waals surface area (Å²) in [4.78, 5) is 33.5. The number of benzene rings is 1. The van der Waals surface area contributed by atoms with Gasteiger partial charge in [-0.3, -0.25) is 14.4 Å². The van der Waals surface area contributed by atoms with Gasteiger partial charge in [-0.2, -0.15) is 4.72 Å². The van der Waals surface area contributed by atoms with Crippen LogP contribution in [-0.4, -0.2) is 43.9 Å². The molecule has 1 rings (SSSR count). The van der Waals surface area contributed by atoms with Crippen molar-refractivity contribution in [3.63, 3.8) is 0 Å². The second kappa shape index (κ2) is 9.14. The van der Waals surface area contributed by atoms with Gasteiger partial charge in [0, 0.05) is 25.6 Å². The van der Waals surface area contributed by atoms with Crippen LogP contribution < -0.4 is 15.4 Å². The minimum atomic E-state index is -4.09. The maximum absolute atomic E-state index is 12.3. The van der Waals surface area contributed by atoms with Crippen LogP contribution in [0.1, 0.15) is 26.7 Å². The van der Waals surface area contributed by atoms with Gasteiger partial charge in [0.15, 0.2) is 0 Å². The second-order valence-electron chi connectivity index (χ2n) is 5.21. The normalized spacial score (nSPS) is 12.2. The summed E-state index contributed by atoms with van der Waals surface area (Å²) < 4.78 is 26.6. The van der Waals surface area contributed by atoms with Gasteiger partial charge in [-0.1, -0.05) is 0 Å². The Labute approximate surface area is 145 Å². The lowest BCUT2D eigenvalue weighted by Crippen LogP contribution is -2.41. The molecule has 0 aliphatic rings. The smallest absolute Gasteiger partial charge is 0.321 e. The van der Waals surface area contributed by atoms with E-state index in [-0.39, 0.29) is 29.6 Å². The molecule has 10 heteroatoms. The van der Waals surface area contributed by atoms with Gasteiger partial charge in [0.2, 0.25) is 21.8 Å². The SMILES string of the molecule is CCNC(=O)CCC(NS(=O)(=O)c1ccc(NC(C)=O)cc1)C(=O)O. The Balaban J connectivity index is 2.83. The van der Waals surface area contributed by atoms with Gasteiger partial charge in [0.1, 0.15) is 6.04 Å². The predicted octanol–water partition coefficient (Wildman–Crippen LogP) is 0.293. The van der Waals surface area contributed by atoms with E-state index in [0.717, 1.165) is 0 Å². The van der Waals surface area contributed by atoms with Crippen molar-refractivity contribution in [1.29, 1.82) is 0 Å². The number of hydrogen-bond donors (Lipinski definition) is 4. The molecule has 0 aliphatic carbocycles. The number of carbonyl (C=O) groups excluding carboxylic acids is 2. The van der Waals surface area contributed by atoms with Crippen molar-refractivity contribution in [2.75, 3.05) is 11.9 Å². The molecule has 0 spiro atoms. The Morgan fingerprint density at radius 2 is 1.76 bits per heavy atom. The van der Waals surface area contributed by atoms with Gasteiger partial charge < -0.3 is 15.7 Å². The van der Waals surface area contributed by atoms with Crippen LogP contribution >= 0.6 is 0 Å². The molecule has 1 atom stereocenters. The summed E-state index contributed by atoms with van der Waals surface area (Å²) in [6, 6.07) is 3.84. The lowest BCUT2D eigenvalue weighted by atomic mass is 10.1. The zero-order valence-electron chi connectivity index (χ0n) is 13.9. The summed E-state index contributed by atoms with van der Waals surface area (Å²) in [5, 5.41) is 14.2. The average molecular weight is 371 g/mol. The van der Waals surface area contributed by atoms with E-state index in [2.05, 4.69) is 15.4 Å². The molecule has 0 radical (unpaired) electrons. The molecule has 0 aliphatic heterocycles. The maximum Gasteiger partial charge on any atom is 0.321 e. The molecule has 1 aromatic carbocycles. The Hall–Kier alpha value is -2.46. The molecule has 9 nitrogen and oxygen atoms in total. The van der Waals surface area contributed by atoms with Crippen molar-refractivity contribution < 1.29 is 27.9 Å². The van der Waals surface area contributed by atoms with Crippen molar-refractivity contribution in [1.82, 2.24) is 10.0 Å². The summed E-state index contributed by atoms with van der Waals surface area (Å²) in [7, 11) is -4.09. The number of carboxylic acid groups (broad SMARTS) is 1. The van der Waals surface area contributed by atoms with E-state index in [1.807, 2.05) is 0 Å². The Morgan fingerprint density at radius 1 is 1.16 bits per heavy atom. The molecule has 0 fully saturated rings. The van der Waals surface area contributed by atoms with E-state index in [1.54, 1.807) is 6.92 Å². The summed E-state index contributed by atoms with van der Waals surface area (Å²) in [6.45, 7) is 3.45. The summed E-state index contributed by atoms with van der Waals surface area (Å²) in [5.41, 5.74) is 0.414. The van der Waals surface area contributed by atoms with Crippen LogP contribution in [0.3, 0.4) is 0 Å². The molecule has 2 amide bonds. The van der Waals surface area contributed by atoms with Crippen molar-refractivity contribution in [3.8, 4) is 0 Å². The molecular formula is C15H21N3O6S. The van der Waals surface area contributed by atoms with E-state index >= 15 is 0 Å². The van der Waals surface area contributed by atoms with E-state index in [0.29, 0.717) is 12.2 Å². The largest absolute Gasteiger partial charge is 0.480 e. The van der Waals surface area contributed by atoms with Gasteiger partial charge in [-0.05, 0) is 37.6 Å². The Bertz CT molecular complexity index is 730. The molecule has 4 N–H and O–H groups in total. The fourth-order valence-corrected chi connectivity index (χ4v) is 3.19. The Morgan fingerprint density at radius 3 is 2.24 bits per heavy atom. The highest BCUT2D eigenvalue weighted by atomic mass is 32.2. The van der Waals surface area contributed by atoms with Crippen LogP contribution in [0.5, 0.6) is 0 Å².